The van der Waals surface area contributed by atoms with Crippen molar-refractivity contribution in [3.8, 4) is 5.75 Å². The molecule has 5 rings (SSSR count). The minimum Gasteiger partial charge on any atom is -0.406 e. The fourth-order valence-corrected chi connectivity index (χ4v) is 5.68. The first kappa shape index (κ1) is 23.2. The number of nitrogens with zero attached hydrogens (tertiary/aromatic N) is 2. The zero-order valence-electron chi connectivity index (χ0n) is 19.0. The summed E-state index contributed by atoms with van der Waals surface area (Å²) in [4.78, 5) is 17.1. The quantitative estimate of drug-likeness (QED) is 0.632. The molecule has 8 heteroatoms. The SMILES string of the molecule is O=C(CN1CC2C(CNCc3cccc(OC(F)(F)F)c3)C2C1)N1CCC(c2ccccc2)C1. The van der Waals surface area contributed by atoms with E-state index in [1.165, 1.54) is 17.7 Å². The number of halogens is 3. The van der Waals surface area contributed by atoms with E-state index in [-0.39, 0.29) is 11.7 Å². The smallest absolute Gasteiger partial charge is 0.406 e. The maximum absolute atomic E-state index is 12.8. The number of nitrogens with one attached hydrogen (secondary N) is 1. The van der Waals surface area contributed by atoms with Crippen molar-refractivity contribution in [2.75, 3.05) is 39.3 Å². The molecule has 3 fully saturated rings. The highest BCUT2D eigenvalue weighted by atomic mass is 19.4. The van der Waals surface area contributed by atoms with Crippen LogP contribution in [0.15, 0.2) is 54.6 Å². The number of hydrogen-bond donors (Lipinski definition) is 1. The molecule has 1 saturated carbocycles. The van der Waals surface area contributed by atoms with Gasteiger partial charge in [0.05, 0.1) is 6.54 Å². The summed E-state index contributed by atoms with van der Waals surface area (Å²) in [7, 11) is 0. The number of fused-ring (bicyclic) bond motifs is 1. The molecule has 0 spiro atoms. The number of likely N-dealkylation sites (tertiary alicyclic amines) is 2. The molecule has 1 amide bonds. The largest absolute Gasteiger partial charge is 0.573 e. The Labute approximate surface area is 197 Å². The number of hydrogen-bond acceptors (Lipinski definition) is 4. The molecule has 3 aliphatic rings. The topological polar surface area (TPSA) is 44.8 Å². The van der Waals surface area contributed by atoms with E-state index >= 15 is 0 Å². The second kappa shape index (κ2) is 9.58. The van der Waals surface area contributed by atoms with Gasteiger partial charge in [-0.15, -0.1) is 13.2 Å². The van der Waals surface area contributed by atoms with E-state index in [0.29, 0.717) is 36.8 Å². The minimum absolute atomic E-state index is 0.191. The van der Waals surface area contributed by atoms with Crippen LogP contribution in [0.2, 0.25) is 0 Å². The maximum atomic E-state index is 12.8. The Hall–Kier alpha value is -2.58. The fourth-order valence-electron chi connectivity index (χ4n) is 5.68. The Balaban J connectivity index is 1.01. The molecule has 182 valence electrons. The molecule has 2 aliphatic heterocycles. The summed E-state index contributed by atoms with van der Waals surface area (Å²) < 4.78 is 41.2. The van der Waals surface area contributed by atoms with E-state index in [4.69, 9.17) is 0 Å². The van der Waals surface area contributed by atoms with Gasteiger partial charge in [-0.1, -0.05) is 42.5 Å². The standard InChI is InChI=1S/C26H30F3N3O2/c27-26(28,29)34-21-8-4-5-18(11-21)12-30-13-22-23-15-31(16-24(22)23)17-25(33)32-10-9-20(14-32)19-6-2-1-3-7-19/h1-8,11,20,22-24,30H,9-10,12-17H2. The highest BCUT2D eigenvalue weighted by Crippen LogP contribution is 2.51. The fraction of sp³-hybridized carbons (Fsp3) is 0.500. The summed E-state index contributed by atoms with van der Waals surface area (Å²) in [6.45, 7) is 5.39. The van der Waals surface area contributed by atoms with Gasteiger partial charge in [0.1, 0.15) is 5.75 Å². The van der Waals surface area contributed by atoms with Crippen LogP contribution in [-0.2, 0) is 11.3 Å². The number of carbonyl (C=O) groups is 1. The molecule has 3 unspecified atom stereocenters. The van der Waals surface area contributed by atoms with E-state index in [9.17, 15) is 18.0 Å². The lowest BCUT2D eigenvalue weighted by molar-refractivity contribution is -0.274. The Bertz CT molecular complexity index is 988. The summed E-state index contributed by atoms with van der Waals surface area (Å²) in [6.07, 6.45) is -3.65. The second-order valence-corrected chi connectivity index (χ2v) is 9.75. The molecule has 1 N–H and O–H groups in total. The molecule has 0 radical (unpaired) electrons. The van der Waals surface area contributed by atoms with Gasteiger partial charge >= 0.3 is 6.36 Å². The molecular formula is C26H30F3N3O2. The number of amides is 1. The average molecular weight is 474 g/mol. The first-order valence-electron chi connectivity index (χ1n) is 12.0. The number of benzene rings is 2. The molecule has 34 heavy (non-hydrogen) atoms. The van der Waals surface area contributed by atoms with Gasteiger partial charge in [-0.25, -0.2) is 0 Å². The third-order valence-corrected chi connectivity index (χ3v) is 7.46. The molecule has 0 aromatic heterocycles. The highest BCUT2D eigenvalue weighted by Gasteiger charge is 2.55. The summed E-state index contributed by atoms with van der Waals surface area (Å²) in [5.41, 5.74) is 2.08. The van der Waals surface area contributed by atoms with Crippen molar-refractivity contribution in [2.45, 2.75) is 25.2 Å². The normalized spacial score (nSPS) is 26.5. The number of rotatable bonds is 8. The Morgan fingerprint density at radius 3 is 2.53 bits per heavy atom. The van der Waals surface area contributed by atoms with Crippen molar-refractivity contribution in [1.29, 1.82) is 0 Å². The van der Waals surface area contributed by atoms with Crippen LogP contribution in [0.5, 0.6) is 5.75 Å². The molecule has 2 saturated heterocycles. The molecule has 2 aromatic carbocycles. The zero-order valence-corrected chi connectivity index (χ0v) is 19.0. The predicted molar refractivity (Wildman–Crippen MR) is 122 cm³/mol. The van der Waals surface area contributed by atoms with Gasteiger partial charge in [0.25, 0.3) is 0 Å². The van der Waals surface area contributed by atoms with Gasteiger partial charge in [-0.2, -0.15) is 0 Å². The van der Waals surface area contributed by atoms with E-state index in [2.05, 4.69) is 39.2 Å². The van der Waals surface area contributed by atoms with Crippen molar-refractivity contribution in [2.24, 2.45) is 17.8 Å². The van der Waals surface area contributed by atoms with Crippen LogP contribution in [0, 0.1) is 17.8 Å². The van der Waals surface area contributed by atoms with Gasteiger partial charge in [-0.05, 0) is 54.0 Å². The second-order valence-electron chi connectivity index (χ2n) is 9.75. The van der Waals surface area contributed by atoms with Crippen LogP contribution in [-0.4, -0.2) is 61.3 Å². The Kier molecular flexibility index (Phi) is 6.53. The van der Waals surface area contributed by atoms with Crippen molar-refractivity contribution >= 4 is 5.91 Å². The molecular weight excluding hydrogens is 443 g/mol. The first-order valence-corrected chi connectivity index (χ1v) is 12.0. The van der Waals surface area contributed by atoms with Crippen LogP contribution in [0.4, 0.5) is 13.2 Å². The molecule has 3 atom stereocenters. The maximum Gasteiger partial charge on any atom is 0.573 e. The summed E-state index contributed by atoms with van der Waals surface area (Å²) in [5.74, 6) is 2.27. The van der Waals surface area contributed by atoms with Crippen LogP contribution >= 0.6 is 0 Å². The lowest BCUT2D eigenvalue weighted by atomic mass is 9.99. The number of piperidine rings is 1. The number of carbonyl (C=O) groups excluding carboxylic acids is 1. The number of ether oxygens (including phenoxy) is 1. The highest BCUT2D eigenvalue weighted by molar-refractivity contribution is 5.78. The zero-order chi connectivity index (χ0) is 23.7. The third-order valence-electron chi connectivity index (χ3n) is 7.46. The summed E-state index contributed by atoms with van der Waals surface area (Å²) in [6, 6.07) is 16.5. The van der Waals surface area contributed by atoms with Crippen LogP contribution < -0.4 is 10.1 Å². The summed E-state index contributed by atoms with van der Waals surface area (Å²) in [5, 5.41) is 3.37. The Morgan fingerprint density at radius 1 is 1.03 bits per heavy atom. The van der Waals surface area contributed by atoms with Gasteiger partial charge in [0.15, 0.2) is 0 Å². The van der Waals surface area contributed by atoms with Crippen molar-refractivity contribution < 1.29 is 22.7 Å². The van der Waals surface area contributed by atoms with E-state index in [1.54, 1.807) is 12.1 Å². The first-order chi connectivity index (χ1) is 16.4. The molecule has 1 aliphatic carbocycles. The van der Waals surface area contributed by atoms with E-state index in [1.807, 2.05) is 11.0 Å². The molecule has 5 nitrogen and oxygen atoms in total. The van der Waals surface area contributed by atoms with Crippen LogP contribution in [0.1, 0.15) is 23.5 Å². The van der Waals surface area contributed by atoms with Gasteiger partial charge in [0.2, 0.25) is 5.91 Å². The van der Waals surface area contributed by atoms with E-state index < -0.39 is 6.36 Å². The molecule has 2 heterocycles. The van der Waals surface area contributed by atoms with Crippen molar-refractivity contribution in [1.82, 2.24) is 15.1 Å². The predicted octanol–water partition coefficient (Wildman–Crippen LogP) is 3.87. The molecule has 0 bridgehead atoms. The van der Waals surface area contributed by atoms with Crippen molar-refractivity contribution in [3.63, 3.8) is 0 Å². The average Bonchev–Trinajstić information content (AvgIpc) is 3.16. The number of alkyl halides is 3. The lowest BCUT2D eigenvalue weighted by Crippen LogP contribution is -2.39. The Morgan fingerprint density at radius 2 is 1.79 bits per heavy atom. The van der Waals surface area contributed by atoms with Crippen LogP contribution in [0.25, 0.3) is 0 Å². The van der Waals surface area contributed by atoms with Gasteiger partial charge in [-0.3, -0.25) is 9.69 Å². The third kappa shape index (κ3) is 5.55. The molecule has 2 aromatic rings. The van der Waals surface area contributed by atoms with Gasteiger partial charge < -0.3 is 15.0 Å². The monoisotopic (exact) mass is 473 g/mol. The van der Waals surface area contributed by atoms with Crippen molar-refractivity contribution in [3.05, 3.63) is 65.7 Å². The minimum atomic E-state index is -4.68. The van der Waals surface area contributed by atoms with Crippen LogP contribution in [0.3, 0.4) is 0 Å². The van der Waals surface area contributed by atoms with E-state index in [0.717, 1.165) is 44.7 Å². The summed E-state index contributed by atoms with van der Waals surface area (Å²) >= 11 is 0. The lowest BCUT2D eigenvalue weighted by Gasteiger charge is -2.23. The van der Waals surface area contributed by atoms with Gasteiger partial charge in [0, 0.05) is 38.6 Å².